The quantitative estimate of drug-likeness (QED) is 0.681. The van der Waals surface area contributed by atoms with E-state index in [-0.39, 0.29) is 29.8 Å². The molecule has 1 aromatic carbocycles. The summed E-state index contributed by atoms with van der Waals surface area (Å²) >= 11 is 0. The van der Waals surface area contributed by atoms with Crippen LogP contribution in [0, 0.1) is 0 Å². The SMILES string of the molecule is O=C(N[C@@H]1C=C[C@H](N2C(=O)CCC2=O)CC1)c1ccccc1. The number of amides is 3. The van der Waals surface area contributed by atoms with Crippen molar-refractivity contribution in [2.75, 3.05) is 0 Å². The summed E-state index contributed by atoms with van der Waals surface area (Å²) in [5.41, 5.74) is 0.628. The second kappa shape index (κ2) is 6.13. The number of hydrogen-bond donors (Lipinski definition) is 1. The number of nitrogens with zero attached hydrogens (tertiary/aromatic N) is 1. The first-order chi connectivity index (χ1) is 10.6. The Morgan fingerprint density at radius 3 is 2.27 bits per heavy atom. The summed E-state index contributed by atoms with van der Waals surface area (Å²) in [7, 11) is 0. The van der Waals surface area contributed by atoms with Crippen molar-refractivity contribution in [3.63, 3.8) is 0 Å². The van der Waals surface area contributed by atoms with Crippen LogP contribution in [0.25, 0.3) is 0 Å². The van der Waals surface area contributed by atoms with Crippen LogP contribution >= 0.6 is 0 Å². The van der Waals surface area contributed by atoms with Crippen molar-refractivity contribution in [2.45, 2.75) is 37.8 Å². The van der Waals surface area contributed by atoms with Gasteiger partial charge < -0.3 is 5.32 Å². The van der Waals surface area contributed by atoms with Gasteiger partial charge in [0.15, 0.2) is 0 Å². The molecule has 1 saturated heterocycles. The normalized spacial score (nSPS) is 24.6. The minimum atomic E-state index is -0.160. The third-order valence-corrected chi connectivity index (χ3v) is 4.11. The van der Waals surface area contributed by atoms with Gasteiger partial charge in [0.2, 0.25) is 11.8 Å². The maximum Gasteiger partial charge on any atom is 0.251 e. The van der Waals surface area contributed by atoms with Crippen molar-refractivity contribution in [1.82, 2.24) is 10.2 Å². The number of likely N-dealkylation sites (tertiary alicyclic amines) is 1. The third-order valence-electron chi connectivity index (χ3n) is 4.11. The van der Waals surface area contributed by atoms with E-state index in [9.17, 15) is 14.4 Å². The minimum absolute atomic E-state index is 0.0586. The molecule has 1 fully saturated rings. The highest BCUT2D eigenvalue weighted by Crippen LogP contribution is 2.23. The van der Waals surface area contributed by atoms with Crippen LogP contribution < -0.4 is 5.32 Å². The molecule has 0 saturated carbocycles. The fourth-order valence-electron chi connectivity index (χ4n) is 2.95. The summed E-state index contributed by atoms with van der Waals surface area (Å²) in [6.07, 6.45) is 5.79. The Morgan fingerprint density at radius 2 is 1.68 bits per heavy atom. The molecule has 2 aliphatic rings. The first-order valence-electron chi connectivity index (χ1n) is 7.54. The van der Waals surface area contributed by atoms with Gasteiger partial charge in [-0.25, -0.2) is 0 Å². The predicted octanol–water partition coefficient (Wildman–Crippen LogP) is 1.65. The van der Waals surface area contributed by atoms with E-state index < -0.39 is 0 Å². The molecule has 1 aliphatic carbocycles. The largest absolute Gasteiger partial charge is 0.346 e. The van der Waals surface area contributed by atoms with Crippen LogP contribution in [-0.4, -0.2) is 34.7 Å². The lowest BCUT2D eigenvalue weighted by Crippen LogP contribution is -2.43. The molecule has 0 aromatic heterocycles. The fourth-order valence-corrected chi connectivity index (χ4v) is 2.95. The number of benzene rings is 1. The molecule has 0 radical (unpaired) electrons. The standard InChI is InChI=1S/C17H18N2O3/c20-15-10-11-16(21)19(15)14-8-6-13(7-9-14)18-17(22)12-4-2-1-3-5-12/h1-6,8,13-14H,7,9-11H2,(H,18,22)/t13-,14+/m1/s1. The van der Waals surface area contributed by atoms with E-state index >= 15 is 0 Å². The van der Waals surface area contributed by atoms with Crippen LogP contribution in [0.2, 0.25) is 0 Å². The lowest BCUT2D eigenvalue weighted by molar-refractivity contribution is -0.140. The highest BCUT2D eigenvalue weighted by atomic mass is 16.2. The van der Waals surface area contributed by atoms with Gasteiger partial charge in [0, 0.05) is 24.4 Å². The Bertz CT molecular complexity index is 608. The van der Waals surface area contributed by atoms with Crippen LogP contribution in [0.3, 0.4) is 0 Å². The molecule has 0 bridgehead atoms. The zero-order valence-electron chi connectivity index (χ0n) is 12.2. The summed E-state index contributed by atoms with van der Waals surface area (Å²) in [4.78, 5) is 36.9. The molecule has 1 heterocycles. The van der Waals surface area contributed by atoms with Gasteiger partial charge in [-0.1, -0.05) is 30.4 Å². The van der Waals surface area contributed by atoms with Gasteiger partial charge in [-0.2, -0.15) is 0 Å². The zero-order valence-corrected chi connectivity index (χ0v) is 12.2. The van der Waals surface area contributed by atoms with Crippen LogP contribution in [-0.2, 0) is 9.59 Å². The smallest absolute Gasteiger partial charge is 0.251 e. The summed E-state index contributed by atoms with van der Waals surface area (Å²) in [5, 5.41) is 2.95. The van der Waals surface area contributed by atoms with E-state index in [1.54, 1.807) is 12.1 Å². The number of rotatable bonds is 3. The maximum atomic E-state index is 12.1. The van der Waals surface area contributed by atoms with Crippen LogP contribution in [0.4, 0.5) is 0 Å². The van der Waals surface area contributed by atoms with Gasteiger partial charge in [0.25, 0.3) is 5.91 Å². The monoisotopic (exact) mass is 298 g/mol. The average Bonchev–Trinajstić information content (AvgIpc) is 2.88. The molecule has 2 atom stereocenters. The minimum Gasteiger partial charge on any atom is -0.346 e. The van der Waals surface area contributed by atoms with E-state index in [4.69, 9.17) is 0 Å². The molecule has 0 unspecified atom stereocenters. The van der Waals surface area contributed by atoms with Crippen molar-refractivity contribution < 1.29 is 14.4 Å². The van der Waals surface area contributed by atoms with E-state index in [0.29, 0.717) is 24.8 Å². The molecular weight excluding hydrogens is 280 g/mol. The molecule has 5 heteroatoms. The van der Waals surface area contributed by atoms with Gasteiger partial charge in [0.05, 0.1) is 6.04 Å². The summed E-state index contributed by atoms with van der Waals surface area (Å²) in [5.74, 6) is -0.292. The number of hydrogen-bond acceptors (Lipinski definition) is 3. The molecular formula is C17H18N2O3. The molecule has 114 valence electrons. The third kappa shape index (κ3) is 2.93. The summed E-state index contributed by atoms with van der Waals surface area (Å²) in [6, 6.07) is 8.84. The Kier molecular flexibility index (Phi) is 4.04. The van der Waals surface area contributed by atoms with Crippen LogP contribution in [0.1, 0.15) is 36.0 Å². The number of imide groups is 1. The van der Waals surface area contributed by atoms with Crippen LogP contribution in [0.15, 0.2) is 42.5 Å². The van der Waals surface area contributed by atoms with Gasteiger partial charge in [-0.15, -0.1) is 0 Å². The van der Waals surface area contributed by atoms with Gasteiger partial charge >= 0.3 is 0 Å². The van der Waals surface area contributed by atoms with E-state index in [2.05, 4.69) is 5.32 Å². The van der Waals surface area contributed by atoms with Gasteiger partial charge in [-0.05, 0) is 25.0 Å². The van der Waals surface area contributed by atoms with Crippen molar-refractivity contribution in [3.8, 4) is 0 Å². The van der Waals surface area contributed by atoms with Crippen molar-refractivity contribution in [1.29, 1.82) is 0 Å². The van der Waals surface area contributed by atoms with E-state index in [1.807, 2.05) is 30.4 Å². The molecule has 3 rings (SSSR count). The Labute approximate surface area is 129 Å². The summed E-state index contributed by atoms with van der Waals surface area (Å²) in [6.45, 7) is 0. The molecule has 1 N–H and O–H groups in total. The maximum absolute atomic E-state index is 12.1. The Balaban J connectivity index is 1.61. The number of carbonyl (C=O) groups is 3. The molecule has 3 amide bonds. The lowest BCUT2D eigenvalue weighted by atomic mass is 9.97. The second-order valence-corrected chi connectivity index (χ2v) is 5.63. The highest BCUT2D eigenvalue weighted by molar-refractivity contribution is 6.02. The van der Waals surface area contributed by atoms with E-state index in [1.165, 1.54) is 4.90 Å². The Morgan fingerprint density at radius 1 is 1.00 bits per heavy atom. The van der Waals surface area contributed by atoms with Crippen molar-refractivity contribution in [3.05, 3.63) is 48.0 Å². The van der Waals surface area contributed by atoms with Crippen molar-refractivity contribution >= 4 is 17.7 Å². The lowest BCUT2D eigenvalue weighted by Gasteiger charge is -2.29. The molecule has 0 spiro atoms. The Hall–Kier alpha value is -2.43. The molecule has 22 heavy (non-hydrogen) atoms. The van der Waals surface area contributed by atoms with E-state index in [0.717, 1.165) is 6.42 Å². The molecule has 1 aromatic rings. The van der Waals surface area contributed by atoms with Crippen LogP contribution in [0.5, 0.6) is 0 Å². The fraction of sp³-hybridized carbons (Fsp3) is 0.353. The van der Waals surface area contributed by atoms with Gasteiger partial charge in [-0.3, -0.25) is 19.3 Å². The molecule has 1 aliphatic heterocycles. The number of carbonyl (C=O) groups excluding carboxylic acids is 3. The van der Waals surface area contributed by atoms with Crippen molar-refractivity contribution in [2.24, 2.45) is 0 Å². The van der Waals surface area contributed by atoms with Gasteiger partial charge in [0.1, 0.15) is 0 Å². The zero-order chi connectivity index (χ0) is 15.5. The topological polar surface area (TPSA) is 66.5 Å². The predicted molar refractivity (Wildman–Crippen MR) is 80.9 cm³/mol. The average molecular weight is 298 g/mol. The first kappa shape index (κ1) is 14.5. The first-order valence-corrected chi connectivity index (χ1v) is 7.54. The second-order valence-electron chi connectivity index (χ2n) is 5.63. The molecule has 5 nitrogen and oxygen atoms in total. The number of nitrogens with one attached hydrogen (secondary N) is 1. The highest BCUT2D eigenvalue weighted by Gasteiger charge is 2.35. The summed E-state index contributed by atoms with van der Waals surface area (Å²) < 4.78 is 0.